The van der Waals surface area contributed by atoms with E-state index < -0.39 is 18.0 Å². The number of carbonyl (C=O) groups is 1. The van der Waals surface area contributed by atoms with Crippen LogP contribution in [0.4, 0.5) is 18.9 Å². The Labute approximate surface area is 174 Å². The topological polar surface area (TPSA) is 81.2 Å². The van der Waals surface area contributed by atoms with Crippen molar-refractivity contribution in [3.05, 3.63) is 53.3 Å². The van der Waals surface area contributed by atoms with Crippen LogP contribution in [0.15, 0.2) is 48.5 Å². The Balaban J connectivity index is 1.66. The van der Waals surface area contributed by atoms with Crippen molar-refractivity contribution in [1.29, 1.82) is 0 Å². The second kappa shape index (κ2) is 8.99. The number of amides is 1. The van der Waals surface area contributed by atoms with E-state index in [1.54, 1.807) is 23.8 Å². The molecule has 0 bridgehead atoms. The predicted octanol–water partition coefficient (Wildman–Crippen LogP) is 4.54. The van der Waals surface area contributed by atoms with Crippen molar-refractivity contribution >= 4 is 23.8 Å². The highest BCUT2D eigenvalue weighted by Gasteiger charge is 2.31. The van der Waals surface area contributed by atoms with Gasteiger partial charge in [0.1, 0.15) is 11.5 Å². The van der Waals surface area contributed by atoms with E-state index in [0.717, 1.165) is 17.7 Å². The van der Waals surface area contributed by atoms with Gasteiger partial charge in [0.15, 0.2) is 10.6 Å². The molecular weight excluding hydrogens is 421 g/mol. The molecule has 30 heavy (non-hydrogen) atoms. The number of methoxy groups -OCH3 is 1. The number of nitrogens with one attached hydrogen (secondary N) is 2. The third-order valence-electron chi connectivity index (χ3n) is 4.02. The molecule has 0 spiro atoms. The molecule has 0 saturated carbocycles. The first kappa shape index (κ1) is 21.4. The summed E-state index contributed by atoms with van der Waals surface area (Å²) in [4.78, 5) is 12.3. The maximum absolute atomic E-state index is 12.3. The van der Waals surface area contributed by atoms with Gasteiger partial charge < -0.3 is 14.8 Å². The van der Waals surface area contributed by atoms with Gasteiger partial charge in [-0.15, -0.1) is 13.2 Å². The summed E-state index contributed by atoms with van der Waals surface area (Å²) in [7, 11) is 1.56. The molecule has 1 amide bonds. The van der Waals surface area contributed by atoms with Gasteiger partial charge in [-0.05, 0) is 48.6 Å². The first-order chi connectivity index (χ1) is 14.2. The van der Waals surface area contributed by atoms with Gasteiger partial charge >= 0.3 is 6.36 Å². The largest absolute Gasteiger partial charge is 0.573 e. The van der Waals surface area contributed by atoms with Crippen molar-refractivity contribution in [2.45, 2.75) is 19.3 Å². The number of benzene rings is 2. The smallest absolute Gasteiger partial charge is 0.497 e. The molecule has 0 saturated heterocycles. The van der Waals surface area contributed by atoms with Gasteiger partial charge in [-0.25, -0.2) is 0 Å². The van der Waals surface area contributed by atoms with Gasteiger partial charge in [0.2, 0.25) is 5.91 Å². The Morgan fingerprint density at radius 2 is 1.93 bits per heavy atom. The van der Waals surface area contributed by atoms with Gasteiger partial charge in [0, 0.05) is 30.3 Å². The van der Waals surface area contributed by atoms with Crippen LogP contribution in [0.5, 0.6) is 11.5 Å². The number of halogens is 3. The third kappa shape index (κ3) is 5.60. The molecule has 0 aliphatic rings. The number of aromatic amines is 1. The molecule has 1 heterocycles. The molecule has 158 valence electrons. The Bertz CT molecular complexity index is 1080. The summed E-state index contributed by atoms with van der Waals surface area (Å²) in [5, 5.41) is 9.44. The lowest BCUT2D eigenvalue weighted by Crippen LogP contribution is -2.18. The van der Waals surface area contributed by atoms with Gasteiger partial charge in [-0.3, -0.25) is 14.5 Å². The first-order valence-corrected chi connectivity index (χ1v) is 9.11. The zero-order valence-corrected chi connectivity index (χ0v) is 16.5. The highest BCUT2D eigenvalue weighted by molar-refractivity contribution is 7.71. The average molecular weight is 438 g/mol. The number of alkyl halides is 3. The normalized spacial score (nSPS) is 11.2. The number of rotatable bonds is 7. The van der Waals surface area contributed by atoms with Crippen LogP contribution in [0.2, 0.25) is 0 Å². The lowest BCUT2D eigenvalue weighted by atomic mass is 10.2. The van der Waals surface area contributed by atoms with E-state index in [-0.39, 0.29) is 18.7 Å². The molecule has 0 aliphatic heterocycles. The van der Waals surface area contributed by atoms with E-state index in [4.69, 9.17) is 17.0 Å². The van der Waals surface area contributed by atoms with Crippen LogP contribution in [0.3, 0.4) is 0 Å². The maximum atomic E-state index is 12.3. The van der Waals surface area contributed by atoms with Gasteiger partial charge in [-0.1, -0.05) is 6.07 Å². The second-order valence-corrected chi connectivity index (χ2v) is 6.49. The minimum atomic E-state index is -4.81. The number of nitrogens with zero attached hydrogens (tertiary/aromatic N) is 2. The summed E-state index contributed by atoms with van der Waals surface area (Å²) in [6.45, 7) is 0.223. The third-order valence-corrected chi connectivity index (χ3v) is 4.33. The van der Waals surface area contributed by atoms with Crippen LogP contribution >= 0.6 is 12.2 Å². The van der Waals surface area contributed by atoms with E-state index in [0.29, 0.717) is 16.3 Å². The van der Waals surface area contributed by atoms with Crippen LogP contribution in [0.25, 0.3) is 11.4 Å². The zero-order chi connectivity index (χ0) is 21.7. The fourth-order valence-corrected chi connectivity index (χ4v) is 2.92. The summed E-state index contributed by atoms with van der Waals surface area (Å²) in [6, 6.07) is 12.2. The zero-order valence-electron chi connectivity index (χ0n) is 15.7. The van der Waals surface area contributed by atoms with E-state index in [1.165, 1.54) is 12.1 Å². The van der Waals surface area contributed by atoms with Crippen molar-refractivity contribution in [2.24, 2.45) is 0 Å². The van der Waals surface area contributed by atoms with Crippen molar-refractivity contribution in [3.63, 3.8) is 0 Å². The first-order valence-electron chi connectivity index (χ1n) is 8.70. The SMILES string of the molecule is COc1ccc(-c2n[nH]c(=S)n2CCC(=O)Nc2cccc(OC(F)(F)F)c2)cc1. The van der Waals surface area contributed by atoms with Crippen molar-refractivity contribution in [3.8, 4) is 22.9 Å². The molecule has 0 fully saturated rings. The predicted molar refractivity (Wildman–Crippen MR) is 106 cm³/mol. The molecule has 2 N–H and O–H groups in total. The van der Waals surface area contributed by atoms with Crippen LogP contribution < -0.4 is 14.8 Å². The van der Waals surface area contributed by atoms with Crippen molar-refractivity contribution < 1.29 is 27.4 Å². The fourth-order valence-electron chi connectivity index (χ4n) is 2.69. The molecule has 3 aromatic rings. The minimum absolute atomic E-state index is 0.0291. The summed E-state index contributed by atoms with van der Waals surface area (Å²) in [5.41, 5.74) is 0.966. The van der Waals surface area contributed by atoms with Crippen molar-refractivity contribution in [2.75, 3.05) is 12.4 Å². The lowest BCUT2D eigenvalue weighted by molar-refractivity contribution is -0.274. The number of H-pyrrole nitrogens is 1. The van der Waals surface area contributed by atoms with Gasteiger partial charge in [0.25, 0.3) is 0 Å². The van der Waals surface area contributed by atoms with E-state index in [9.17, 15) is 18.0 Å². The lowest BCUT2D eigenvalue weighted by Gasteiger charge is -2.11. The molecule has 2 aromatic carbocycles. The summed E-state index contributed by atoms with van der Waals surface area (Å²) < 4.78 is 48.0. The van der Waals surface area contributed by atoms with Crippen molar-refractivity contribution in [1.82, 2.24) is 14.8 Å². The Hall–Kier alpha value is -3.34. The fraction of sp³-hybridized carbons (Fsp3) is 0.211. The van der Waals surface area contributed by atoms with E-state index in [2.05, 4.69) is 20.3 Å². The molecule has 0 unspecified atom stereocenters. The van der Waals surface area contributed by atoms with Crippen LogP contribution in [-0.4, -0.2) is 34.1 Å². The number of hydrogen-bond donors (Lipinski definition) is 2. The molecule has 7 nitrogen and oxygen atoms in total. The highest BCUT2D eigenvalue weighted by atomic mass is 32.1. The van der Waals surface area contributed by atoms with Crippen LogP contribution in [0, 0.1) is 4.77 Å². The highest BCUT2D eigenvalue weighted by Crippen LogP contribution is 2.25. The molecule has 1 aromatic heterocycles. The summed E-state index contributed by atoms with van der Waals surface area (Å²) in [6.07, 6.45) is -4.78. The number of aromatic nitrogens is 3. The Morgan fingerprint density at radius 3 is 2.60 bits per heavy atom. The molecule has 0 atom stereocenters. The summed E-state index contributed by atoms with van der Waals surface area (Å²) in [5.74, 6) is 0.425. The Morgan fingerprint density at radius 1 is 1.20 bits per heavy atom. The van der Waals surface area contributed by atoms with Crippen LogP contribution in [0.1, 0.15) is 6.42 Å². The Kier molecular flexibility index (Phi) is 6.40. The average Bonchev–Trinajstić information content (AvgIpc) is 3.06. The quantitative estimate of drug-likeness (QED) is 0.529. The van der Waals surface area contributed by atoms with E-state index >= 15 is 0 Å². The molecule has 0 radical (unpaired) electrons. The molecule has 0 aliphatic carbocycles. The number of anilines is 1. The second-order valence-electron chi connectivity index (χ2n) is 6.11. The minimum Gasteiger partial charge on any atom is -0.497 e. The monoisotopic (exact) mass is 438 g/mol. The maximum Gasteiger partial charge on any atom is 0.573 e. The molecule has 11 heteroatoms. The number of hydrogen-bond acceptors (Lipinski definition) is 5. The van der Waals surface area contributed by atoms with Crippen LogP contribution in [-0.2, 0) is 11.3 Å². The number of carbonyl (C=O) groups excluding carboxylic acids is 1. The molecular formula is C19H17F3N4O3S. The summed E-state index contributed by atoms with van der Waals surface area (Å²) >= 11 is 5.24. The molecule has 3 rings (SSSR count). The standard InChI is InChI=1S/C19H17F3N4O3S/c1-28-14-7-5-12(6-8-14)17-24-25-18(30)26(17)10-9-16(27)23-13-3-2-4-15(11-13)29-19(20,21)22/h2-8,11H,9-10H2,1H3,(H,23,27)(H,25,30). The van der Waals surface area contributed by atoms with E-state index in [1.807, 2.05) is 12.1 Å². The number of ether oxygens (including phenoxy) is 2. The van der Waals surface area contributed by atoms with Gasteiger partial charge in [-0.2, -0.15) is 5.10 Å². The van der Waals surface area contributed by atoms with Gasteiger partial charge in [0.05, 0.1) is 7.11 Å².